The van der Waals surface area contributed by atoms with E-state index in [1.54, 1.807) is 18.9 Å². The summed E-state index contributed by atoms with van der Waals surface area (Å²) in [7, 11) is 1.66. The minimum absolute atomic E-state index is 0.00671. The van der Waals surface area contributed by atoms with E-state index in [0.717, 1.165) is 29.3 Å². The second-order valence-electron chi connectivity index (χ2n) is 5.31. The van der Waals surface area contributed by atoms with Gasteiger partial charge in [0.15, 0.2) is 0 Å². The largest absolute Gasteiger partial charge is 0.497 e. The highest BCUT2D eigenvalue weighted by Gasteiger charge is 2.30. The van der Waals surface area contributed by atoms with Crippen molar-refractivity contribution in [2.75, 3.05) is 7.11 Å². The third-order valence-electron chi connectivity index (χ3n) is 3.51. The number of benzene rings is 1. The molecule has 1 aromatic carbocycles. The number of hydrogen-bond donors (Lipinski definition) is 1. The molecule has 0 aliphatic heterocycles. The number of rotatable bonds is 6. The minimum Gasteiger partial charge on any atom is -0.497 e. The molecule has 2 aromatic rings. The maximum atomic E-state index is 6.17. The van der Waals surface area contributed by atoms with Gasteiger partial charge in [-0.15, -0.1) is 5.10 Å². The normalized spacial score (nSPS) is 17.5. The fourth-order valence-electron chi connectivity index (χ4n) is 2.20. The van der Waals surface area contributed by atoms with Gasteiger partial charge in [0, 0.05) is 6.04 Å². The fraction of sp³-hybridized carbons (Fsp3) is 0.500. The molecule has 2 N–H and O–H groups in total. The average molecular weight is 305 g/mol. The van der Waals surface area contributed by atoms with E-state index in [2.05, 4.69) is 15.5 Å². The van der Waals surface area contributed by atoms with Gasteiger partial charge in [-0.3, -0.25) is 0 Å². The SMILES string of the molecule is COc1ccc(C(Sc2nnnn2C2CC2)C(C)N)cc1. The molecule has 112 valence electrons. The van der Waals surface area contributed by atoms with E-state index in [9.17, 15) is 0 Å². The molecule has 21 heavy (non-hydrogen) atoms. The maximum Gasteiger partial charge on any atom is 0.210 e. The van der Waals surface area contributed by atoms with Gasteiger partial charge in [-0.05, 0) is 47.9 Å². The first-order chi connectivity index (χ1) is 10.2. The van der Waals surface area contributed by atoms with Crippen molar-refractivity contribution in [3.05, 3.63) is 29.8 Å². The van der Waals surface area contributed by atoms with E-state index in [1.165, 1.54) is 0 Å². The molecule has 7 heteroatoms. The molecule has 1 saturated carbocycles. The first-order valence-corrected chi connectivity index (χ1v) is 7.91. The monoisotopic (exact) mass is 305 g/mol. The van der Waals surface area contributed by atoms with Gasteiger partial charge in [0.25, 0.3) is 0 Å². The number of nitrogens with two attached hydrogens (primary N) is 1. The van der Waals surface area contributed by atoms with Crippen molar-refractivity contribution < 1.29 is 4.74 Å². The smallest absolute Gasteiger partial charge is 0.210 e. The molecule has 0 saturated heterocycles. The van der Waals surface area contributed by atoms with Crippen LogP contribution in [-0.2, 0) is 0 Å². The van der Waals surface area contributed by atoms with Crippen molar-refractivity contribution in [3.8, 4) is 5.75 Å². The lowest BCUT2D eigenvalue weighted by Crippen LogP contribution is -2.23. The maximum absolute atomic E-state index is 6.17. The summed E-state index contributed by atoms with van der Waals surface area (Å²) in [6.45, 7) is 2.01. The Hall–Kier alpha value is -1.60. The van der Waals surface area contributed by atoms with Gasteiger partial charge in [0.2, 0.25) is 5.16 Å². The van der Waals surface area contributed by atoms with Crippen LogP contribution in [0.1, 0.15) is 36.6 Å². The molecule has 2 atom stereocenters. The predicted octanol–water partition coefficient (Wildman–Crippen LogP) is 2.20. The van der Waals surface area contributed by atoms with Gasteiger partial charge in [0.05, 0.1) is 18.4 Å². The summed E-state index contributed by atoms with van der Waals surface area (Å²) in [6.07, 6.45) is 2.31. The Labute approximate surface area is 128 Å². The number of hydrogen-bond acceptors (Lipinski definition) is 6. The van der Waals surface area contributed by atoms with Crippen molar-refractivity contribution in [2.45, 2.75) is 42.3 Å². The summed E-state index contributed by atoms with van der Waals surface area (Å²) in [6, 6.07) is 8.46. The van der Waals surface area contributed by atoms with Crippen LogP contribution in [0.5, 0.6) is 5.75 Å². The van der Waals surface area contributed by atoms with Crippen molar-refractivity contribution in [3.63, 3.8) is 0 Å². The van der Waals surface area contributed by atoms with Gasteiger partial charge in [-0.1, -0.05) is 23.9 Å². The van der Waals surface area contributed by atoms with E-state index in [0.29, 0.717) is 6.04 Å². The molecule has 0 amide bonds. The topological polar surface area (TPSA) is 78.9 Å². The van der Waals surface area contributed by atoms with Crippen molar-refractivity contribution in [1.29, 1.82) is 0 Å². The Morgan fingerprint density at radius 3 is 2.62 bits per heavy atom. The summed E-state index contributed by atoms with van der Waals surface area (Å²) in [4.78, 5) is 0. The molecule has 2 unspecified atom stereocenters. The lowest BCUT2D eigenvalue weighted by molar-refractivity contribution is 0.414. The molecule has 1 aromatic heterocycles. The van der Waals surface area contributed by atoms with Gasteiger partial charge in [-0.25, -0.2) is 4.68 Å². The van der Waals surface area contributed by atoms with Gasteiger partial charge in [0.1, 0.15) is 5.75 Å². The van der Waals surface area contributed by atoms with Crippen LogP contribution >= 0.6 is 11.8 Å². The van der Waals surface area contributed by atoms with Gasteiger partial charge in [-0.2, -0.15) is 0 Å². The summed E-state index contributed by atoms with van der Waals surface area (Å²) >= 11 is 1.63. The van der Waals surface area contributed by atoms with Crippen LogP contribution in [0.15, 0.2) is 29.4 Å². The molecule has 1 heterocycles. The quantitative estimate of drug-likeness (QED) is 0.824. The van der Waals surface area contributed by atoms with Gasteiger partial charge < -0.3 is 10.5 Å². The van der Waals surface area contributed by atoms with E-state index in [-0.39, 0.29) is 11.3 Å². The minimum atomic E-state index is -0.00671. The van der Waals surface area contributed by atoms with Crippen molar-refractivity contribution in [1.82, 2.24) is 20.2 Å². The molecule has 0 spiro atoms. The highest BCUT2D eigenvalue weighted by atomic mass is 32.2. The van der Waals surface area contributed by atoms with E-state index < -0.39 is 0 Å². The zero-order valence-electron chi connectivity index (χ0n) is 12.1. The van der Waals surface area contributed by atoms with Crippen LogP contribution in [0, 0.1) is 0 Å². The first-order valence-electron chi connectivity index (χ1n) is 7.03. The molecule has 0 radical (unpaired) electrons. The van der Waals surface area contributed by atoms with Crippen LogP contribution in [-0.4, -0.2) is 33.4 Å². The molecule has 1 aliphatic rings. The summed E-state index contributed by atoms with van der Waals surface area (Å²) in [5, 5.41) is 13.0. The third-order valence-corrected chi connectivity index (χ3v) is 4.94. The lowest BCUT2D eigenvalue weighted by atomic mass is 10.1. The molecule has 1 aliphatic carbocycles. The number of nitrogens with zero attached hydrogens (tertiary/aromatic N) is 4. The van der Waals surface area contributed by atoms with Crippen LogP contribution in [0.25, 0.3) is 0 Å². The summed E-state index contributed by atoms with van der Waals surface area (Å²) < 4.78 is 7.12. The van der Waals surface area contributed by atoms with Gasteiger partial charge >= 0.3 is 0 Å². The Morgan fingerprint density at radius 2 is 2.05 bits per heavy atom. The van der Waals surface area contributed by atoms with Crippen molar-refractivity contribution in [2.24, 2.45) is 5.73 Å². The number of ether oxygens (including phenoxy) is 1. The van der Waals surface area contributed by atoms with Crippen molar-refractivity contribution >= 4 is 11.8 Å². The Morgan fingerprint density at radius 1 is 1.33 bits per heavy atom. The number of thioether (sulfide) groups is 1. The first kappa shape index (κ1) is 14.3. The van der Waals surface area contributed by atoms with Crippen LogP contribution in [0.3, 0.4) is 0 Å². The molecule has 6 nitrogen and oxygen atoms in total. The zero-order chi connectivity index (χ0) is 14.8. The zero-order valence-corrected chi connectivity index (χ0v) is 13.0. The average Bonchev–Trinajstić information content (AvgIpc) is 3.24. The molecular weight excluding hydrogens is 286 g/mol. The second-order valence-corrected chi connectivity index (χ2v) is 6.42. The second kappa shape index (κ2) is 6.03. The fourth-order valence-corrected chi connectivity index (χ4v) is 3.31. The third kappa shape index (κ3) is 3.19. The van der Waals surface area contributed by atoms with E-state index in [4.69, 9.17) is 10.5 Å². The predicted molar refractivity (Wildman–Crippen MR) is 81.3 cm³/mol. The highest BCUT2D eigenvalue weighted by Crippen LogP contribution is 2.41. The molecule has 3 rings (SSSR count). The lowest BCUT2D eigenvalue weighted by Gasteiger charge is -2.20. The Kier molecular flexibility index (Phi) is 4.12. The Balaban J connectivity index is 1.81. The molecule has 1 fully saturated rings. The highest BCUT2D eigenvalue weighted by molar-refractivity contribution is 7.99. The molecular formula is C14H19N5OS. The number of tetrazole rings is 1. The standard InChI is InChI=1S/C14H19N5OS/c1-9(15)13(10-3-7-12(20-2)8-4-10)21-14-16-17-18-19(14)11-5-6-11/h3-4,7-9,11,13H,5-6,15H2,1-2H3. The number of methoxy groups -OCH3 is 1. The molecule has 0 bridgehead atoms. The van der Waals surface area contributed by atoms with E-state index in [1.807, 2.05) is 35.9 Å². The van der Waals surface area contributed by atoms with E-state index >= 15 is 0 Å². The van der Waals surface area contributed by atoms with Crippen LogP contribution < -0.4 is 10.5 Å². The number of aromatic nitrogens is 4. The van der Waals surface area contributed by atoms with Crippen LogP contribution in [0.4, 0.5) is 0 Å². The Bertz CT molecular complexity index is 594. The van der Waals surface area contributed by atoms with Crippen LogP contribution in [0.2, 0.25) is 0 Å². The summed E-state index contributed by atoms with van der Waals surface area (Å²) in [5.41, 5.74) is 7.32. The summed E-state index contributed by atoms with van der Waals surface area (Å²) in [5.74, 6) is 0.843.